The van der Waals surface area contributed by atoms with Crippen molar-refractivity contribution in [1.29, 1.82) is 0 Å². The Morgan fingerprint density at radius 2 is 1.90 bits per heavy atom. The second kappa shape index (κ2) is 10.0. The van der Waals surface area contributed by atoms with Crippen LogP contribution in [0.5, 0.6) is 0 Å². The van der Waals surface area contributed by atoms with Crippen LogP contribution in [0.1, 0.15) is 24.0 Å². The van der Waals surface area contributed by atoms with Gasteiger partial charge in [-0.1, -0.05) is 54.1 Å². The Morgan fingerprint density at radius 1 is 1.06 bits per heavy atom. The largest absolute Gasteiger partial charge is 0.341 e. The van der Waals surface area contributed by atoms with E-state index in [2.05, 4.69) is 58.4 Å². The van der Waals surface area contributed by atoms with E-state index in [1.165, 1.54) is 11.1 Å². The van der Waals surface area contributed by atoms with E-state index < -0.39 is 0 Å². The van der Waals surface area contributed by atoms with Gasteiger partial charge in [-0.2, -0.15) is 5.10 Å². The van der Waals surface area contributed by atoms with Crippen molar-refractivity contribution >= 4 is 18.1 Å². The third-order valence-corrected chi connectivity index (χ3v) is 6.09. The monoisotopic (exact) mass is 435 g/mol. The normalized spacial score (nSPS) is 15.1. The number of H-pyrrole nitrogens is 1. The second-order valence-corrected chi connectivity index (χ2v) is 8.51. The minimum atomic E-state index is 0.180. The maximum Gasteiger partial charge on any atom is 0.224 e. The van der Waals surface area contributed by atoms with Gasteiger partial charge >= 0.3 is 0 Å². The van der Waals surface area contributed by atoms with Crippen molar-refractivity contribution in [2.45, 2.75) is 32.9 Å². The standard InChI is InChI=1S/C24H29N5OS/c1-19-7-5-10-21(17-19)23-25-26-24(31)29(23)14-11-22(30)28-13-6-12-27(15-16-28)18-20-8-3-2-4-9-20/h2-5,7-10,17H,6,11-16,18H2,1H3,(H,26,31). The predicted molar refractivity (Wildman–Crippen MR) is 125 cm³/mol. The first-order chi connectivity index (χ1) is 15.1. The Kier molecular flexibility index (Phi) is 6.94. The molecule has 1 saturated heterocycles. The van der Waals surface area contributed by atoms with Crippen molar-refractivity contribution in [3.63, 3.8) is 0 Å². The zero-order valence-corrected chi connectivity index (χ0v) is 18.8. The Balaban J connectivity index is 1.35. The molecule has 7 heteroatoms. The molecule has 3 aromatic rings. The van der Waals surface area contributed by atoms with E-state index in [4.69, 9.17) is 12.2 Å². The molecule has 0 unspecified atom stereocenters. The molecule has 1 aliphatic heterocycles. The molecule has 4 rings (SSSR count). The molecule has 1 aliphatic rings. The zero-order chi connectivity index (χ0) is 21.6. The quantitative estimate of drug-likeness (QED) is 0.594. The molecule has 1 fully saturated rings. The van der Waals surface area contributed by atoms with E-state index in [1.807, 2.05) is 27.7 Å². The maximum absolute atomic E-state index is 13.0. The number of amides is 1. The van der Waals surface area contributed by atoms with Gasteiger partial charge in [0.2, 0.25) is 5.91 Å². The Morgan fingerprint density at radius 3 is 2.71 bits per heavy atom. The van der Waals surface area contributed by atoms with Crippen LogP contribution >= 0.6 is 12.2 Å². The molecule has 0 atom stereocenters. The van der Waals surface area contributed by atoms with Gasteiger partial charge in [0.25, 0.3) is 0 Å². The Labute approximate surface area is 188 Å². The van der Waals surface area contributed by atoms with Crippen LogP contribution in [0.25, 0.3) is 11.4 Å². The lowest BCUT2D eigenvalue weighted by Crippen LogP contribution is -2.35. The van der Waals surface area contributed by atoms with Gasteiger partial charge in [-0.15, -0.1) is 0 Å². The summed E-state index contributed by atoms with van der Waals surface area (Å²) < 4.78 is 2.48. The summed E-state index contributed by atoms with van der Waals surface area (Å²) in [7, 11) is 0. The first-order valence-electron chi connectivity index (χ1n) is 10.9. The van der Waals surface area contributed by atoms with E-state index in [-0.39, 0.29) is 5.91 Å². The van der Waals surface area contributed by atoms with Crippen LogP contribution in [0, 0.1) is 11.7 Å². The zero-order valence-electron chi connectivity index (χ0n) is 18.0. The molecule has 0 radical (unpaired) electrons. The third kappa shape index (κ3) is 5.48. The number of aryl methyl sites for hydroxylation is 1. The van der Waals surface area contributed by atoms with Crippen LogP contribution in [0.15, 0.2) is 54.6 Å². The first kappa shape index (κ1) is 21.5. The average Bonchev–Trinajstić information content (AvgIpc) is 2.98. The lowest BCUT2D eigenvalue weighted by Gasteiger charge is -2.22. The van der Waals surface area contributed by atoms with Crippen molar-refractivity contribution in [2.75, 3.05) is 26.2 Å². The number of nitrogens with one attached hydrogen (secondary N) is 1. The third-order valence-electron chi connectivity index (χ3n) is 5.77. The summed E-state index contributed by atoms with van der Waals surface area (Å²) >= 11 is 5.43. The van der Waals surface area contributed by atoms with Crippen LogP contribution < -0.4 is 0 Å². The molecule has 31 heavy (non-hydrogen) atoms. The summed E-state index contributed by atoms with van der Waals surface area (Å²) in [6.07, 6.45) is 1.42. The van der Waals surface area contributed by atoms with Gasteiger partial charge in [-0.05, 0) is 37.2 Å². The molecular weight excluding hydrogens is 406 g/mol. The highest BCUT2D eigenvalue weighted by molar-refractivity contribution is 7.71. The van der Waals surface area contributed by atoms with Crippen LogP contribution in [-0.2, 0) is 17.9 Å². The highest BCUT2D eigenvalue weighted by Gasteiger charge is 2.20. The summed E-state index contributed by atoms with van der Waals surface area (Å²) in [5.74, 6) is 0.964. The van der Waals surface area contributed by atoms with Gasteiger partial charge in [0, 0.05) is 51.3 Å². The van der Waals surface area contributed by atoms with Gasteiger partial charge in [0.1, 0.15) is 0 Å². The lowest BCUT2D eigenvalue weighted by molar-refractivity contribution is -0.131. The smallest absolute Gasteiger partial charge is 0.224 e. The van der Waals surface area contributed by atoms with Gasteiger partial charge < -0.3 is 4.90 Å². The number of aromatic nitrogens is 3. The lowest BCUT2D eigenvalue weighted by atomic mass is 10.1. The summed E-state index contributed by atoms with van der Waals surface area (Å²) in [6, 6.07) is 18.7. The van der Waals surface area contributed by atoms with E-state index >= 15 is 0 Å². The fourth-order valence-corrected chi connectivity index (χ4v) is 4.34. The van der Waals surface area contributed by atoms with E-state index in [9.17, 15) is 4.79 Å². The van der Waals surface area contributed by atoms with Gasteiger partial charge in [0.15, 0.2) is 10.6 Å². The van der Waals surface area contributed by atoms with Crippen molar-refractivity contribution in [2.24, 2.45) is 0 Å². The minimum absolute atomic E-state index is 0.180. The van der Waals surface area contributed by atoms with E-state index in [1.54, 1.807) is 0 Å². The topological polar surface area (TPSA) is 57.2 Å². The molecule has 2 heterocycles. The first-order valence-corrected chi connectivity index (χ1v) is 11.3. The SMILES string of the molecule is Cc1cccc(-c2n[nH]c(=S)n2CCC(=O)N2CCCN(Cc3ccccc3)CC2)c1. The van der Waals surface area contributed by atoms with Crippen molar-refractivity contribution in [3.05, 3.63) is 70.5 Å². The Bertz CT molecular complexity index is 1070. The fraction of sp³-hybridized carbons (Fsp3) is 0.375. The molecule has 2 aromatic carbocycles. The van der Waals surface area contributed by atoms with Crippen molar-refractivity contribution in [3.8, 4) is 11.4 Å². The van der Waals surface area contributed by atoms with Gasteiger partial charge in [0.05, 0.1) is 0 Å². The number of hydrogen-bond donors (Lipinski definition) is 1. The molecule has 0 saturated carbocycles. The van der Waals surface area contributed by atoms with Crippen molar-refractivity contribution in [1.82, 2.24) is 24.6 Å². The number of nitrogens with zero attached hydrogens (tertiary/aromatic N) is 4. The second-order valence-electron chi connectivity index (χ2n) is 8.12. The minimum Gasteiger partial charge on any atom is -0.341 e. The summed E-state index contributed by atoms with van der Waals surface area (Å²) in [5.41, 5.74) is 3.49. The van der Waals surface area contributed by atoms with Crippen LogP contribution in [0.4, 0.5) is 0 Å². The number of rotatable bonds is 6. The number of aromatic amines is 1. The molecular formula is C24H29N5OS. The van der Waals surface area contributed by atoms with Crippen molar-refractivity contribution < 1.29 is 4.79 Å². The van der Waals surface area contributed by atoms with Crippen LogP contribution in [0.3, 0.4) is 0 Å². The molecule has 1 N–H and O–H groups in total. The summed E-state index contributed by atoms with van der Waals surface area (Å²) in [5, 5.41) is 7.28. The Hall–Kier alpha value is -2.77. The molecule has 1 amide bonds. The van der Waals surface area contributed by atoms with Gasteiger partial charge in [-0.3, -0.25) is 19.4 Å². The summed E-state index contributed by atoms with van der Waals surface area (Å²) in [6.45, 7) is 7.02. The van der Waals surface area contributed by atoms with E-state index in [0.717, 1.165) is 50.5 Å². The maximum atomic E-state index is 13.0. The fourth-order valence-electron chi connectivity index (χ4n) is 4.12. The summed E-state index contributed by atoms with van der Waals surface area (Å²) in [4.78, 5) is 17.4. The van der Waals surface area contributed by atoms with Crippen LogP contribution in [-0.4, -0.2) is 56.7 Å². The molecule has 162 valence electrons. The number of hydrogen-bond acceptors (Lipinski definition) is 4. The van der Waals surface area contributed by atoms with E-state index in [0.29, 0.717) is 17.7 Å². The number of carbonyl (C=O) groups is 1. The number of carbonyl (C=O) groups excluding carboxylic acids is 1. The molecule has 0 bridgehead atoms. The van der Waals surface area contributed by atoms with Crippen LogP contribution in [0.2, 0.25) is 0 Å². The highest BCUT2D eigenvalue weighted by Crippen LogP contribution is 2.19. The molecule has 1 aromatic heterocycles. The number of benzene rings is 2. The average molecular weight is 436 g/mol. The molecule has 0 aliphatic carbocycles. The predicted octanol–water partition coefficient (Wildman–Crippen LogP) is 4.04. The molecule has 6 nitrogen and oxygen atoms in total. The molecule has 0 spiro atoms. The highest BCUT2D eigenvalue weighted by atomic mass is 32.1. The van der Waals surface area contributed by atoms with Gasteiger partial charge in [-0.25, -0.2) is 0 Å².